The Bertz CT molecular complexity index is 865. The van der Waals surface area contributed by atoms with Crippen LogP contribution in [0.25, 0.3) is 10.8 Å². The van der Waals surface area contributed by atoms with Crippen molar-refractivity contribution in [2.45, 2.75) is 19.8 Å². The van der Waals surface area contributed by atoms with Crippen LogP contribution in [-0.4, -0.2) is 22.8 Å². The molecule has 0 aliphatic heterocycles. The number of aromatic nitrogens is 1. The number of pyridine rings is 1. The van der Waals surface area contributed by atoms with Gasteiger partial charge in [0.05, 0.1) is 12.3 Å². The lowest BCUT2D eigenvalue weighted by molar-refractivity contribution is 0.0492. The zero-order valence-corrected chi connectivity index (χ0v) is 14.1. The molecule has 0 unspecified atom stereocenters. The van der Waals surface area contributed by atoms with Crippen LogP contribution in [0.5, 0.6) is 0 Å². The standard InChI is InChI=1S/C20H20N2O3/c1-2-3-13-25-20(23)18-19(22(24)16-10-5-4-6-11-16)17-12-8-7-9-15(17)14-21-18/h4-12,14,24H,2-3,13H2,1H3. The summed E-state index contributed by atoms with van der Waals surface area (Å²) in [6, 6.07) is 16.5. The van der Waals surface area contributed by atoms with Crippen LogP contribution in [0.4, 0.5) is 11.4 Å². The summed E-state index contributed by atoms with van der Waals surface area (Å²) in [5.74, 6) is -0.538. The summed E-state index contributed by atoms with van der Waals surface area (Å²) >= 11 is 0. The van der Waals surface area contributed by atoms with Crippen molar-refractivity contribution in [1.82, 2.24) is 4.98 Å². The van der Waals surface area contributed by atoms with Crippen molar-refractivity contribution < 1.29 is 14.7 Å². The number of para-hydroxylation sites is 1. The normalized spacial score (nSPS) is 10.6. The lowest BCUT2D eigenvalue weighted by Crippen LogP contribution is -2.18. The van der Waals surface area contributed by atoms with Crippen molar-refractivity contribution in [2.75, 3.05) is 11.7 Å². The third-order valence-electron chi connectivity index (χ3n) is 3.91. The molecule has 0 atom stereocenters. The molecule has 1 heterocycles. The average Bonchev–Trinajstić information content (AvgIpc) is 2.67. The van der Waals surface area contributed by atoms with Gasteiger partial charge in [0.15, 0.2) is 5.69 Å². The highest BCUT2D eigenvalue weighted by Crippen LogP contribution is 2.33. The molecule has 0 fully saturated rings. The Labute approximate surface area is 146 Å². The molecular formula is C20H20N2O3. The maximum Gasteiger partial charge on any atom is 0.359 e. The van der Waals surface area contributed by atoms with Crippen molar-refractivity contribution in [3.05, 3.63) is 66.5 Å². The Hall–Kier alpha value is -2.92. The fourth-order valence-corrected chi connectivity index (χ4v) is 2.59. The van der Waals surface area contributed by atoms with Gasteiger partial charge in [-0.3, -0.25) is 5.21 Å². The first-order valence-corrected chi connectivity index (χ1v) is 8.31. The van der Waals surface area contributed by atoms with Gasteiger partial charge in [-0.2, -0.15) is 0 Å². The topological polar surface area (TPSA) is 62.7 Å². The molecule has 0 bridgehead atoms. The van der Waals surface area contributed by atoms with Gasteiger partial charge in [-0.1, -0.05) is 55.8 Å². The number of fused-ring (bicyclic) bond motifs is 1. The molecule has 3 rings (SSSR count). The minimum absolute atomic E-state index is 0.0983. The van der Waals surface area contributed by atoms with Crippen LogP contribution in [0.3, 0.4) is 0 Å². The molecule has 1 aromatic heterocycles. The first-order chi connectivity index (χ1) is 12.2. The van der Waals surface area contributed by atoms with E-state index in [9.17, 15) is 10.0 Å². The highest BCUT2D eigenvalue weighted by atomic mass is 16.5. The van der Waals surface area contributed by atoms with Gasteiger partial charge in [-0.25, -0.2) is 14.8 Å². The highest BCUT2D eigenvalue weighted by molar-refractivity contribution is 6.05. The Kier molecular flexibility index (Phi) is 5.26. The maximum absolute atomic E-state index is 12.5. The minimum Gasteiger partial charge on any atom is -0.461 e. The predicted octanol–water partition coefficient (Wildman–Crippen LogP) is 4.72. The van der Waals surface area contributed by atoms with Gasteiger partial charge < -0.3 is 4.74 Å². The van der Waals surface area contributed by atoms with E-state index in [1.165, 1.54) is 0 Å². The van der Waals surface area contributed by atoms with Gasteiger partial charge in [0, 0.05) is 17.0 Å². The van der Waals surface area contributed by atoms with Crippen LogP contribution in [0.2, 0.25) is 0 Å². The van der Waals surface area contributed by atoms with Gasteiger partial charge in [0.1, 0.15) is 5.69 Å². The fourth-order valence-electron chi connectivity index (χ4n) is 2.59. The molecule has 2 aromatic carbocycles. The zero-order chi connectivity index (χ0) is 17.6. The predicted molar refractivity (Wildman–Crippen MR) is 97.3 cm³/mol. The number of unbranched alkanes of at least 4 members (excludes halogenated alkanes) is 1. The first-order valence-electron chi connectivity index (χ1n) is 8.31. The summed E-state index contributed by atoms with van der Waals surface area (Å²) in [6.45, 7) is 2.36. The van der Waals surface area contributed by atoms with Crippen LogP contribution in [-0.2, 0) is 4.74 Å². The molecule has 0 spiro atoms. The van der Waals surface area contributed by atoms with E-state index in [4.69, 9.17) is 4.74 Å². The smallest absolute Gasteiger partial charge is 0.359 e. The molecular weight excluding hydrogens is 316 g/mol. The monoisotopic (exact) mass is 336 g/mol. The number of anilines is 2. The van der Waals surface area contributed by atoms with E-state index in [1.54, 1.807) is 18.3 Å². The first kappa shape index (κ1) is 16.9. The van der Waals surface area contributed by atoms with Crippen molar-refractivity contribution in [3.8, 4) is 0 Å². The molecule has 0 radical (unpaired) electrons. The van der Waals surface area contributed by atoms with Gasteiger partial charge in [0.2, 0.25) is 0 Å². The molecule has 25 heavy (non-hydrogen) atoms. The molecule has 5 heteroatoms. The summed E-state index contributed by atoms with van der Waals surface area (Å²) in [7, 11) is 0. The lowest BCUT2D eigenvalue weighted by atomic mass is 10.1. The second kappa shape index (κ2) is 7.77. The molecule has 0 amide bonds. The van der Waals surface area contributed by atoms with Crippen LogP contribution < -0.4 is 5.06 Å². The highest BCUT2D eigenvalue weighted by Gasteiger charge is 2.22. The number of hydrogen-bond acceptors (Lipinski definition) is 5. The minimum atomic E-state index is -0.538. The number of esters is 1. The summed E-state index contributed by atoms with van der Waals surface area (Å²) in [4.78, 5) is 16.8. The summed E-state index contributed by atoms with van der Waals surface area (Å²) in [6.07, 6.45) is 3.34. The van der Waals surface area contributed by atoms with E-state index < -0.39 is 5.97 Å². The van der Waals surface area contributed by atoms with Gasteiger partial charge in [-0.05, 0) is 18.6 Å². The molecule has 0 saturated heterocycles. The van der Waals surface area contributed by atoms with Gasteiger partial charge in [-0.15, -0.1) is 0 Å². The molecule has 128 valence electrons. The van der Waals surface area contributed by atoms with E-state index in [-0.39, 0.29) is 5.69 Å². The molecule has 0 aliphatic carbocycles. The summed E-state index contributed by atoms with van der Waals surface area (Å²) < 4.78 is 5.30. The Morgan fingerprint density at radius 3 is 2.60 bits per heavy atom. The Morgan fingerprint density at radius 1 is 1.12 bits per heavy atom. The second-order valence-corrected chi connectivity index (χ2v) is 5.68. The Balaban J connectivity index is 2.09. The third-order valence-corrected chi connectivity index (χ3v) is 3.91. The molecule has 0 aliphatic rings. The second-order valence-electron chi connectivity index (χ2n) is 5.68. The number of carbonyl (C=O) groups excluding carboxylic acids is 1. The van der Waals surface area contributed by atoms with Crippen molar-refractivity contribution in [2.24, 2.45) is 0 Å². The number of hydrogen-bond donors (Lipinski definition) is 1. The van der Waals surface area contributed by atoms with Crippen LogP contribution in [0.15, 0.2) is 60.8 Å². The van der Waals surface area contributed by atoms with E-state index in [2.05, 4.69) is 4.98 Å². The van der Waals surface area contributed by atoms with E-state index >= 15 is 0 Å². The average molecular weight is 336 g/mol. The van der Waals surface area contributed by atoms with E-state index in [0.29, 0.717) is 18.0 Å². The molecule has 3 aromatic rings. The number of rotatable bonds is 6. The zero-order valence-electron chi connectivity index (χ0n) is 14.1. The third kappa shape index (κ3) is 3.61. The quantitative estimate of drug-likeness (QED) is 0.401. The summed E-state index contributed by atoms with van der Waals surface area (Å²) in [5, 5.41) is 13.3. The molecule has 1 N–H and O–H groups in total. The van der Waals surface area contributed by atoms with Crippen molar-refractivity contribution in [3.63, 3.8) is 0 Å². The summed E-state index contributed by atoms with van der Waals surface area (Å²) in [5.41, 5.74) is 0.968. The molecule has 5 nitrogen and oxygen atoms in total. The fraction of sp³-hybridized carbons (Fsp3) is 0.200. The van der Waals surface area contributed by atoms with Crippen LogP contribution in [0, 0.1) is 0 Å². The SMILES string of the molecule is CCCCOC(=O)c1ncc2ccccc2c1N(O)c1ccccc1. The Morgan fingerprint density at radius 2 is 1.84 bits per heavy atom. The maximum atomic E-state index is 12.5. The van der Waals surface area contributed by atoms with E-state index in [1.807, 2.05) is 49.4 Å². The van der Waals surface area contributed by atoms with Gasteiger partial charge >= 0.3 is 5.97 Å². The number of ether oxygens (including phenoxy) is 1. The number of carbonyl (C=O) groups is 1. The van der Waals surface area contributed by atoms with Gasteiger partial charge in [0.25, 0.3) is 0 Å². The van der Waals surface area contributed by atoms with Crippen molar-refractivity contribution >= 4 is 28.1 Å². The number of nitrogens with zero attached hydrogens (tertiary/aromatic N) is 2. The molecule has 0 saturated carbocycles. The lowest BCUT2D eigenvalue weighted by Gasteiger charge is -2.21. The van der Waals surface area contributed by atoms with Crippen LogP contribution >= 0.6 is 0 Å². The van der Waals surface area contributed by atoms with Crippen LogP contribution in [0.1, 0.15) is 30.3 Å². The van der Waals surface area contributed by atoms with Crippen molar-refractivity contribution in [1.29, 1.82) is 0 Å². The largest absolute Gasteiger partial charge is 0.461 e. The van der Waals surface area contributed by atoms with E-state index in [0.717, 1.165) is 28.7 Å². The number of benzene rings is 2.